The summed E-state index contributed by atoms with van der Waals surface area (Å²) in [6.07, 6.45) is 1.61. The van der Waals surface area contributed by atoms with Crippen LogP contribution in [0.1, 0.15) is 17.6 Å². The van der Waals surface area contributed by atoms with E-state index < -0.39 is 0 Å². The number of nitrogens with zero attached hydrogens (tertiary/aromatic N) is 1. The Morgan fingerprint density at radius 3 is 2.50 bits per heavy atom. The van der Waals surface area contributed by atoms with Crippen molar-refractivity contribution in [2.75, 3.05) is 13.2 Å². The topological polar surface area (TPSA) is 51.9 Å². The Labute approximate surface area is 156 Å². The van der Waals surface area contributed by atoms with Gasteiger partial charge >= 0.3 is 0 Å². The lowest BCUT2D eigenvalue weighted by atomic mass is 10.3. The fourth-order valence-corrected chi connectivity index (χ4v) is 3.21. The summed E-state index contributed by atoms with van der Waals surface area (Å²) in [5.41, 5.74) is 0. The van der Waals surface area contributed by atoms with Crippen molar-refractivity contribution in [2.45, 2.75) is 20.0 Å². The molecule has 2 heterocycles. The highest BCUT2D eigenvalue weighted by atomic mass is 32.1. The van der Waals surface area contributed by atoms with E-state index in [-0.39, 0.29) is 12.5 Å². The van der Waals surface area contributed by atoms with Crippen LogP contribution < -0.4 is 9.47 Å². The van der Waals surface area contributed by atoms with Crippen molar-refractivity contribution >= 4 is 17.2 Å². The number of ether oxygens (including phenoxy) is 2. The third-order valence-electron chi connectivity index (χ3n) is 3.71. The lowest BCUT2D eigenvalue weighted by Gasteiger charge is -2.21. The Kier molecular flexibility index (Phi) is 6.33. The Balaban J connectivity index is 1.67. The lowest BCUT2D eigenvalue weighted by Crippen LogP contribution is -2.33. The molecule has 0 saturated heterocycles. The molecule has 0 unspecified atom stereocenters. The van der Waals surface area contributed by atoms with Crippen molar-refractivity contribution < 1.29 is 18.7 Å². The van der Waals surface area contributed by atoms with Gasteiger partial charge in [0.05, 0.1) is 26.0 Å². The summed E-state index contributed by atoms with van der Waals surface area (Å²) in [6, 6.07) is 15.0. The van der Waals surface area contributed by atoms with Crippen LogP contribution in [0.4, 0.5) is 0 Å². The lowest BCUT2D eigenvalue weighted by molar-refractivity contribution is -0.134. The summed E-state index contributed by atoms with van der Waals surface area (Å²) in [6.45, 7) is 3.31. The van der Waals surface area contributed by atoms with Gasteiger partial charge in [0.1, 0.15) is 5.76 Å². The fraction of sp³-hybridized carbons (Fsp3) is 0.250. The molecule has 0 aliphatic rings. The minimum absolute atomic E-state index is 0.0594. The number of amides is 1. The molecule has 0 radical (unpaired) electrons. The summed E-state index contributed by atoms with van der Waals surface area (Å²) in [5.74, 6) is 1.83. The predicted molar refractivity (Wildman–Crippen MR) is 100 cm³/mol. The third-order valence-corrected chi connectivity index (χ3v) is 4.57. The first-order chi connectivity index (χ1) is 12.8. The van der Waals surface area contributed by atoms with E-state index in [1.807, 2.05) is 54.8 Å². The van der Waals surface area contributed by atoms with E-state index in [4.69, 9.17) is 13.9 Å². The number of thiophene rings is 1. The van der Waals surface area contributed by atoms with E-state index in [2.05, 4.69) is 0 Å². The standard InChI is InChI=1S/C20H21NO4S/c1-2-23-18-9-3-4-10-19(18)25-15-20(22)21(13-16-7-5-11-24-16)14-17-8-6-12-26-17/h3-12H,2,13-15H2,1H3. The number of furan rings is 1. The van der Waals surface area contributed by atoms with Crippen molar-refractivity contribution in [3.8, 4) is 11.5 Å². The molecule has 1 aromatic carbocycles. The highest BCUT2D eigenvalue weighted by Crippen LogP contribution is 2.26. The van der Waals surface area contributed by atoms with E-state index in [0.29, 0.717) is 31.2 Å². The molecule has 0 spiro atoms. The molecule has 0 N–H and O–H groups in total. The van der Waals surface area contributed by atoms with Crippen LogP contribution in [0.25, 0.3) is 0 Å². The van der Waals surface area contributed by atoms with E-state index in [9.17, 15) is 4.79 Å². The fourth-order valence-electron chi connectivity index (χ4n) is 2.49. The van der Waals surface area contributed by atoms with Gasteiger partial charge in [-0.2, -0.15) is 0 Å². The van der Waals surface area contributed by atoms with E-state index in [1.165, 1.54) is 0 Å². The van der Waals surface area contributed by atoms with E-state index in [0.717, 1.165) is 10.6 Å². The molecule has 0 atom stereocenters. The highest BCUT2D eigenvalue weighted by molar-refractivity contribution is 7.09. The zero-order chi connectivity index (χ0) is 18.2. The average molecular weight is 371 g/mol. The monoisotopic (exact) mass is 371 g/mol. The van der Waals surface area contributed by atoms with E-state index in [1.54, 1.807) is 28.6 Å². The summed E-state index contributed by atoms with van der Waals surface area (Å²) in [7, 11) is 0. The van der Waals surface area contributed by atoms with Gasteiger partial charge in [0.2, 0.25) is 0 Å². The van der Waals surface area contributed by atoms with Crippen molar-refractivity contribution in [1.29, 1.82) is 0 Å². The van der Waals surface area contributed by atoms with Gasteiger partial charge in [0.15, 0.2) is 18.1 Å². The van der Waals surface area contributed by atoms with Crippen LogP contribution in [0.2, 0.25) is 0 Å². The zero-order valence-corrected chi connectivity index (χ0v) is 15.4. The number of carbonyl (C=O) groups excluding carboxylic acids is 1. The van der Waals surface area contributed by atoms with Crippen molar-refractivity contribution in [1.82, 2.24) is 4.90 Å². The first-order valence-electron chi connectivity index (χ1n) is 8.43. The molecule has 0 aliphatic heterocycles. The molecule has 0 aliphatic carbocycles. The molecule has 136 valence electrons. The van der Waals surface area contributed by atoms with E-state index >= 15 is 0 Å². The number of benzene rings is 1. The molecule has 1 amide bonds. The van der Waals surface area contributed by atoms with Crippen LogP contribution in [-0.2, 0) is 17.9 Å². The SMILES string of the molecule is CCOc1ccccc1OCC(=O)N(Cc1ccco1)Cc1cccs1. The van der Waals surface area contributed by atoms with Crippen molar-refractivity contribution in [2.24, 2.45) is 0 Å². The molecule has 0 fully saturated rings. The number of hydrogen-bond donors (Lipinski definition) is 0. The second-order valence-electron chi connectivity index (χ2n) is 5.58. The maximum atomic E-state index is 12.8. The summed E-state index contributed by atoms with van der Waals surface area (Å²) >= 11 is 1.62. The van der Waals surface area contributed by atoms with Crippen LogP contribution in [0.15, 0.2) is 64.6 Å². The molecule has 2 aromatic heterocycles. The minimum atomic E-state index is -0.110. The normalized spacial score (nSPS) is 10.5. The van der Waals surface area contributed by atoms with Gasteiger partial charge in [-0.05, 0) is 42.6 Å². The Bertz CT molecular complexity index is 763. The van der Waals surface area contributed by atoms with Crippen LogP contribution >= 0.6 is 11.3 Å². The predicted octanol–water partition coefficient (Wildman–Crippen LogP) is 4.35. The number of carbonyl (C=O) groups is 1. The smallest absolute Gasteiger partial charge is 0.261 e. The summed E-state index contributed by atoms with van der Waals surface area (Å²) in [5, 5.41) is 2.00. The second kappa shape index (κ2) is 9.10. The van der Waals surface area contributed by atoms with Gasteiger partial charge in [0.25, 0.3) is 5.91 Å². The van der Waals surface area contributed by atoms with Gasteiger partial charge in [-0.3, -0.25) is 4.79 Å². The molecule has 5 nitrogen and oxygen atoms in total. The van der Waals surface area contributed by atoms with Gasteiger partial charge in [-0.1, -0.05) is 18.2 Å². The highest BCUT2D eigenvalue weighted by Gasteiger charge is 2.18. The number of para-hydroxylation sites is 2. The van der Waals surface area contributed by atoms with Crippen LogP contribution in [0.5, 0.6) is 11.5 Å². The third kappa shape index (κ3) is 4.89. The first-order valence-corrected chi connectivity index (χ1v) is 9.31. The summed E-state index contributed by atoms with van der Waals surface area (Å²) < 4.78 is 16.7. The molecule has 6 heteroatoms. The van der Waals surface area contributed by atoms with Gasteiger partial charge in [-0.25, -0.2) is 0 Å². The van der Waals surface area contributed by atoms with Crippen molar-refractivity contribution in [3.05, 3.63) is 70.8 Å². The quantitative estimate of drug-likeness (QED) is 0.561. The molecular weight excluding hydrogens is 350 g/mol. The molecule has 0 saturated carbocycles. The maximum absolute atomic E-state index is 12.8. The largest absolute Gasteiger partial charge is 0.490 e. The Hall–Kier alpha value is -2.73. The second-order valence-corrected chi connectivity index (χ2v) is 6.61. The maximum Gasteiger partial charge on any atom is 0.261 e. The van der Waals surface area contributed by atoms with Gasteiger partial charge < -0.3 is 18.8 Å². The van der Waals surface area contributed by atoms with Gasteiger partial charge in [0, 0.05) is 4.88 Å². The van der Waals surface area contributed by atoms with Gasteiger partial charge in [-0.15, -0.1) is 11.3 Å². The van der Waals surface area contributed by atoms with Crippen molar-refractivity contribution in [3.63, 3.8) is 0 Å². The minimum Gasteiger partial charge on any atom is -0.490 e. The molecule has 0 bridgehead atoms. The number of hydrogen-bond acceptors (Lipinski definition) is 5. The molecule has 3 rings (SSSR count). The molecular formula is C20H21NO4S. The van der Waals surface area contributed by atoms with Crippen LogP contribution in [-0.4, -0.2) is 24.0 Å². The first kappa shape index (κ1) is 18.1. The molecule has 26 heavy (non-hydrogen) atoms. The molecule has 3 aromatic rings. The Morgan fingerprint density at radius 1 is 1.04 bits per heavy atom. The Morgan fingerprint density at radius 2 is 1.85 bits per heavy atom. The zero-order valence-electron chi connectivity index (χ0n) is 14.6. The number of rotatable bonds is 9. The summed E-state index contributed by atoms with van der Waals surface area (Å²) in [4.78, 5) is 15.6. The van der Waals surface area contributed by atoms with Crippen LogP contribution in [0.3, 0.4) is 0 Å². The van der Waals surface area contributed by atoms with Crippen LogP contribution in [0, 0.1) is 0 Å². The average Bonchev–Trinajstić information content (AvgIpc) is 3.34.